The number of hydrogen-bond donors (Lipinski definition) is 1. The predicted molar refractivity (Wildman–Crippen MR) is 81.9 cm³/mol. The molecule has 2 heteroatoms. The lowest BCUT2D eigenvalue weighted by atomic mass is 10.1. The minimum absolute atomic E-state index is 0.206. The number of benzene rings is 1. The van der Waals surface area contributed by atoms with Gasteiger partial charge in [0.15, 0.2) is 0 Å². The van der Waals surface area contributed by atoms with Crippen LogP contribution in [0, 0.1) is 0 Å². The molecule has 1 N–H and O–H groups in total. The normalized spacial score (nSPS) is 9.32. The van der Waals surface area contributed by atoms with E-state index in [0.29, 0.717) is 6.42 Å². The summed E-state index contributed by atoms with van der Waals surface area (Å²) >= 11 is 0. The van der Waals surface area contributed by atoms with Crippen molar-refractivity contribution in [3.05, 3.63) is 78.9 Å². The van der Waals surface area contributed by atoms with Gasteiger partial charge in [-0.1, -0.05) is 73.9 Å². The molecular weight excluding hydrogens is 236 g/mol. The van der Waals surface area contributed by atoms with Gasteiger partial charge in [-0.25, -0.2) is 4.79 Å². The molecule has 19 heavy (non-hydrogen) atoms. The molecule has 0 amide bonds. The minimum atomic E-state index is -0.942. The molecule has 0 fully saturated rings. The van der Waals surface area contributed by atoms with Gasteiger partial charge < -0.3 is 5.11 Å². The largest absolute Gasteiger partial charge is 0.478 e. The van der Waals surface area contributed by atoms with Crippen LogP contribution in [0.15, 0.2) is 73.4 Å². The molecular formula is C17H20O2. The van der Waals surface area contributed by atoms with Crippen LogP contribution < -0.4 is 0 Å². The summed E-state index contributed by atoms with van der Waals surface area (Å²) in [6.45, 7) is 12.4. The fourth-order valence-corrected chi connectivity index (χ4v) is 0.989. The summed E-state index contributed by atoms with van der Waals surface area (Å²) in [5, 5.41) is 8.55. The van der Waals surface area contributed by atoms with E-state index in [9.17, 15) is 4.79 Å². The highest BCUT2D eigenvalue weighted by molar-refractivity contribution is 5.86. The summed E-state index contributed by atoms with van der Waals surface area (Å²) in [6.07, 6.45) is 5.78. The molecule has 0 saturated heterocycles. The molecule has 0 unspecified atom stereocenters. The van der Waals surface area contributed by atoms with Crippen molar-refractivity contribution in [1.29, 1.82) is 0 Å². The summed E-state index contributed by atoms with van der Waals surface area (Å²) in [7, 11) is 0. The number of allylic oxidation sites excluding steroid dienone is 3. The molecule has 0 aliphatic rings. The summed E-state index contributed by atoms with van der Waals surface area (Å²) in [5.74, 6) is -0.942. The van der Waals surface area contributed by atoms with E-state index in [2.05, 4.69) is 19.7 Å². The van der Waals surface area contributed by atoms with Gasteiger partial charge in [0.05, 0.1) is 0 Å². The second-order valence-electron chi connectivity index (χ2n) is 3.98. The first-order valence-corrected chi connectivity index (χ1v) is 5.88. The van der Waals surface area contributed by atoms with Gasteiger partial charge >= 0.3 is 5.97 Å². The van der Waals surface area contributed by atoms with Crippen LogP contribution in [0.25, 0.3) is 6.08 Å². The number of hydrogen-bond acceptors (Lipinski definition) is 1. The number of carboxylic acid groups (broad SMARTS) is 1. The summed E-state index contributed by atoms with van der Waals surface area (Å²) in [6, 6.07) is 9.73. The molecule has 0 spiro atoms. The zero-order valence-corrected chi connectivity index (χ0v) is 11.3. The van der Waals surface area contributed by atoms with E-state index in [4.69, 9.17) is 5.11 Å². The Kier molecular flexibility index (Phi) is 8.46. The first-order valence-electron chi connectivity index (χ1n) is 5.88. The van der Waals surface area contributed by atoms with Crippen molar-refractivity contribution in [2.75, 3.05) is 0 Å². The molecule has 2 nitrogen and oxygen atoms in total. The van der Waals surface area contributed by atoms with Crippen molar-refractivity contribution >= 4 is 12.0 Å². The van der Waals surface area contributed by atoms with E-state index < -0.39 is 5.97 Å². The van der Waals surface area contributed by atoms with Crippen molar-refractivity contribution in [1.82, 2.24) is 0 Å². The molecule has 0 heterocycles. The average Bonchev–Trinajstić information content (AvgIpc) is 2.40. The molecule has 0 aromatic heterocycles. The van der Waals surface area contributed by atoms with Crippen molar-refractivity contribution < 1.29 is 9.90 Å². The summed E-state index contributed by atoms with van der Waals surface area (Å²) in [4.78, 5) is 10.4. The first kappa shape index (κ1) is 16.7. The van der Waals surface area contributed by atoms with Crippen molar-refractivity contribution in [2.24, 2.45) is 0 Å². The van der Waals surface area contributed by atoms with Gasteiger partial charge in [-0.3, -0.25) is 0 Å². The molecule has 0 radical (unpaired) electrons. The maximum Gasteiger partial charge on any atom is 0.331 e. The van der Waals surface area contributed by atoms with Crippen LogP contribution in [-0.2, 0) is 4.79 Å². The van der Waals surface area contributed by atoms with Crippen LogP contribution in [0.3, 0.4) is 0 Å². The van der Waals surface area contributed by atoms with Crippen LogP contribution in [0.2, 0.25) is 0 Å². The standard InChI is InChI=1S/C12H12O2.C5H8/c1-10(12(13)14)6-5-9-11-7-3-2-4-8-11;1-4-5(2)3/h2-5,7-9H,1,6H2,(H,13,14);4H,1-2H2,3H3. The van der Waals surface area contributed by atoms with Crippen molar-refractivity contribution in [2.45, 2.75) is 13.3 Å². The monoisotopic (exact) mass is 256 g/mol. The first-order chi connectivity index (χ1) is 8.97. The highest BCUT2D eigenvalue weighted by atomic mass is 16.4. The van der Waals surface area contributed by atoms with Crippen LogP contribution in [0.1, 0.15) is 18.9 Å². The Hall–Kier alpha value is -2.35. The van der Waals surface area contributed by atoms with E-state index in [-0.39, 0.29) is 5.57 Å². The zero-order valence-electron chi connectivity index (χ0n) is 11.3. The van der Waals surface area contributed by atoms with Crippen LogP contribution in [0.4, 0.5) is 0 Å². The van der Waals surface area contributed by atoms with E-state index in [0.717, 1.165) is 11.1 Å². The third-order valence-corrected chi connectivity index (χ3v) is 2.13. The summed E-state index contributed by atoms with van der Waals surface area (Å²) in [5.41, 5.74) is 2.29. The van der Waals surface area contributed by atoms with Crippen LogP contribution >= 0.6 is 0 Å². The highest BCUT2D eigenvalue weighted by Crippen LogP contribution is 2.05. The Morgan fingerprint density at radius 1 is 1.26 bits per heavy atom. The second-order valence-corrected chi connectivity index (χ2v) is 3.98. The lowest BCUT2D eigenvalue weighted by Gasteiger charge is -1.93. The fraction of sp³-hybridized carbons (Fsp3) is 0.118. The molecule has 1 aromatic carbocycles. The molecule has 0 atom stereocenters. The predicted octanol–water partition coefficient (Wildman–Crippen LogP) is 4.48. The van der Waals surface area contributed by atoms with Crippen molar-refractivity contribution in [3.8, 4) is 0 Å². The molecule has 1 rings (SSSR count). The Morgan fingerprint density at radius 2 is 1.79 bits per heavy atom. The van der Waals surface area contributed by atoms with Crippen LogP contribution in [0.5, 0.6) is 0 Å². The molecule has 0 aliphatic heterocycles. The lowest BCUT2D eigenvalue weighted by molar-refractivity contribution is -0.132. The van der Waals surface area contributed by atoms with E-state index in [1.54, 1.807) is 12.2 Å². The SMILES string of the molecule is C=C(CC=Cc1ccccc1)C(=O)O.C=CC(=C)C. The molecule has 0 saturated carbocycles. The van der Waals surface area contributed by atoms with Crippen molar-refractivity contribution in [3.63, 3.8) is 0 Å². The average molecular weight is 256 g/mol. The zero-order chi connectivity index (χ0) is 14.7. The second kappa shape index (κ2) is 9.66. The number of rotatable bonds is 5. The third kappa shape index (κ3) is 9.36. The van der Waals surface area contributed by atoms with Gasteiger partial charge in [-0.2, -0.15) is 0 Å². The van der Waals surface area contributed by atoms with Gasteiger partial charge in [-0.15, -0.1) is 0 Å². The van der Waals surface area contributed by atoms with Gasteiger partial charge in [0.25, 0.3) is 0 Å². The fourth-order valence-electron chi connectivity index (χ4n) is 0.989. The quantitative estimate of drug-likeness (QED) is 0.623. The maximum atomic E-state index is 10.4. The minimum Gasteiger partial charge on any atom is -0.478 e. The third-order valence-electron chi connectivity index (χ3n) is 2.13. The van der Waals surface area contributed by atoms with Crippen LogP contribution in [-0.4, -0.2) is 11.1 Å². The number of carbonyl (C=O) groups is 1. The van der Waals surface area contributed by atoms with E-state index in [1.807, 2.05) is 43.3 Å². The molecule has 100 valence electrons. The van der Waals surface area contributed by atoms with Gasteiger partial charge in [0, 0.05) is 5.57 Å². The number of carboxylic acids is 1. The topological polar surface area (TPSA) is 37.3 Å². The molecule has 1 aromatic rings. The van der Waals surface area contributed by atoms with Gasteiger partial charge in [0.1, 0.15) is 0 Å². The van der Waals surface area contributed by atoms with Gasteiger partial charge in [0.2, 0.25) is 0 Å². The highest BCUT2D eigenvalue weighted by Gasteiger charge is 1.99. The Bertz CT molecular complexity index is 467. The summed E-state index contributed by atoms with van der Waals surface area (Å²) < 4.78 is 0. The Labute approximate surface area is 115 Å². The number of aliphatic carboxylic acids is 1. The van der Waals surface area contributed by atoms with E-state index in [1.165, 1.54) is 0 Å². The molecule has 0 bridgehead atoms. The van der Waals surface area contributed by atoms with E-state index >= 15 is 0 Å². The van der Waals surface area contributed by atoms with Gasteiger partial charge in [-0.05, 0) is 18.9 Å². The Morgan fingerprint density at radius 3 is 2.21 bits per heavy atom. The Balaban J connectivity index is 0.000000555. The lowest BCUT2D eigenvalue weighted by Crippen LogP contribution is -1.96. The smallest absolute Gasteiger partial charge is 0.331 e. The molecule has 0 aliphatic carbocycles. The maximum absolute atomic E-state index is 10.4.